The summed E-state index contributed by atoms with van der Waals surface area (Å²) in [4.78, 5) is 35.7. The zero-order valence-electron chi connectivity index (χ0n) is 24.4. The van der Waals surface area contributed by atoms with Crippen molar-refractivity contribution in [1.82, 2.24) is 25.4 Å². The van der Waals surface area contributed by atoms with Crippen LogP contribution < -0.4 is 10.1 Å². The highest BCUT2D eigenvalue weighted by Gasteiger charge is 2.45. The molecule has 8 rings (SSSR count). The summed E-state index contributed by atoms with van der Waals surface area (Å²) in [5, 5.41) is 11.6. The van der Waals surface area contributed by atoms with E-state index in [2.05, 4.69) is 15.5 Å². The molecule has 1 saturated heterocycles. The van der Waals surface area contributed by atoms with Gasteiger partial charge in [-0.05, 0) is 61.6 Å². The van der Waals surface area contributed by atoms with E-state index in [0.29, 0.717) is 53.5 Å². The second-order valence-electron chi connectivity index (χ2n) is 11.5. The van der Waals surface area contributed by atoms with Crippen molar-refractivity contribution in [2.45, 2.75) is 44.7 Å². The molecule has 3 aromatic heterocycles. The van der Waals surface area contributed by atoms with Gasteiger partial charge in [-0.3, -0.25) is 14.6 Å². The lowest BCUT2D eigenvalue weighted by atomic mass is 9.93. The van der Waals surface area contributed by atoms with Gasteiger partial charge in [0.25, 0.3) is 11.8 Å². The second kappa shape index (κ2) is 10.9. The van der Waals surface area contributed by atoms with E-state index in [4.69, 9.17) is 14.1 Å². The predicted octanol–water partition coefficient (Wildman–Crippen LogP) is 6.25. The van der Waals surface area contributed by atoms with Crippen LogP contribution in [0.1, 0.15) is 73.4 Å². The third kappa shape index (κ3) is 4.78. The monoisotopic (exact) mass is 621 g/mol. The normalized spacial score (nSPS) is 18.1. The predicted molar refractivity (Wildman–Crippen MR) is 165 cm³/mol. The Kier molecular flexibility index (Phi) is 6.71. The van der Waals surface area contributed by atoms with Crippen LogP contribution in [0, 0.1) is 12.7 Å². The Morgan fingerprint density at radius 3 is 2.71 bits per heavy atom. The third-order valence-electron chi connectivity index (χ3n) is 8.73. The number of carbonyl (C=O) groups excluding carboxylic acids is 2. The lowest BCUT2D eigenvalue weighted by Gasteiger charge is -2.16. The van der Waals surface area contributed by atoms with E-state index >= 15 is 0 Å². The lowest BCUT2D eigenvalue weighted by molar-refractivity contribution is 0.0776. The first-order valence-electron chi connectivity index (χ1n) is 15.0. The Morgan fingerprint density at radius 1 is 1.04 bits per heavy atom. The molecular weight excluding hydrogens is 593 g/mol. The molecule has 6 heterocycles. The zero-order chi connectivity index (χ0) is 30.7. The number of nitrogens with zero attached hydrogens (tertiary/aromatic N) is 4. The molecule has 45 heavy (non-hydrogen) atoms. The Labute approximate surface area is 262 Å². The average molecular weight is 622 g/mol. The molecule has 3 aliphatic heterocycles. The van der Waals surface area contributed by atoms with E-state index in [1.807, 2.05) is 35.2 Å². The van der Waals surface area contributed by atoms with Crippen LogP contribution in [0.25, 0.3) is 21.9 Å². The molecule has 9 nitrogen and oxygen atoms in total. The van der Waals surface area contributed by atoms with Gasteiger partial charge < -0.3 is 19.4 Å². The smallest absolute Gasteiger partial charge is 0.261 e. The molecule has 2 atom stereocenters. The average Bonchev–Trinajstić information content (AvgIpc) is 3.88. The topological polar surface area (TPSA) is 110 Å². The van der Waals surface area contributed by atoms with Crippen molar-refractivity contribution >= 4 is 23.2 Å². The summed E-state index contributed by atoms with van der Waals surface area (Å²) in [5.74, 6) is 0.844. The molecule has 0 bridgehead atoms. The first-order chi connectivity index (χ1) is 21.9. The molecule has 0 saturated carbocycles. The maximum atomic E-state index is 14.0. The van der Waals surface area contributed by atoms with Gasteiger partial charge in [0.15, 0.2) is 0 Å². The summed E-state index contributed by atoms with van der Waals surface area (Å²) in [6, 6.07) is 17.4. The molecule has 2 unspecified atom stereocenters. The fourth-order valence-electron chi connectivity index (χ4n) is 6.62. The summed E-state index contributed by atoms with van der Waals surface area (Å²) >= 11 is 1.31. The van der Waals surface area contributed by atoms with Gasteiger partial charge in [-0.25, -0.2) is 4.39 Å². The fourth-order valence-corrected chi connectivity index (χ4v) is 7.59. The number of carbonyl (C=O) groups is 2. The van der Waals surface area contributed by atoms with Crippen LogP contribution in [-0.4, -0.2) is 45.0 Å². The van der Waals surface area contributed by atoms with Gasteiger partial charge in [-0.2, -0.15) is 0 Å². The molecule has 2 aromatic carbocycles. The highest BCUT2D eigenvalue weighted by Crippen LogP contribution is 2.49. The van der Waals surface area contributed by atoms with Crippen molar-refractivity contribution in [3.05, 3.63) is 105 Å². The number of benzene rings is 2. The summed E-state index contributed by atoms with van der Waals surface area (Å²) < 4.78 is 25.4. The number of thiophene rings is 1. The maximum Gasteiger partial charge on any atom is 0.261 e. The van der Waals surface area contributed by atoms with Gasteiger partial charge in [0.05, 0.1) is 39.5 Å². The van der Waals surface area contributed by atoms with Crippen LogP contribution in [0.5, 0.6) is 5.75 Å². The van der Waals surface area contributed by atoms with Crippen molar-refractivity contribution in [3.63, 3.8) is 0 Å². The standard InChI is InChI=1S/C34H28FN5O4S/c1-18-38-39-33(44-18)28-22(13-10-19-8-11-20(35)12-9-19)36-31-24-6-4-16-40(24)34(42)30(31)29(28)26-14-15-27(45-26)32(41)37-23-17-43-25-7-3-2-5-21(23)25/h2-3,5,7-9,11-12,14-15,23-24H,4,6,10,13,16-17H2,1H3,(H,37,41). The van der Waals surface area contributed by atoms with E-state index in [9.17, 15) is 14.0 Å². The first kappa shape index (κ1) is 27.6. The highest BCUT2D eigenvalue weighted by atomic mass is 32.1. The van der Waals surface area contributed by atoms with Crippen LogP contribution >= 0.6 is 11.3 Å². The highest BCUT2D eigenvalue weighted by molar-refractivity contribution is 7.17. The van der Waals surface area contributed by atoms with Gasteiger partial charge in [0, 0.05) is 29.5 Å². The number of pyridine rings is 1. The van der Waals surface area contributed by atoms with Crippen molar-refractivity contribution in [3.8, 4) is 27.6 Å². The summed E-state index contributed by atoms with van der Waals surface area (Å²) in [5.41, 5.74) is 5.16. The van der Waals surface area contributed by atoms with Gasteiger partial charge in [0.2, 0.25) is 11.8 Å². The van der Waals surface area contributed by atoms with E-state index in [0.717, 1.165) is 46.0 Å². The van der Waals surface area contributed by atoms with Gasteiger partial charge >= 0.3 is 0 Å². The molecule has 226 valence electrons. The number of fused-ring (bicyclic) bond motifs is 4. The number of hydrogen-bond donors (Lipinski definition) is 1. The number of ether oxygens (including phenoxy) is 1. The van der Waals surface area contributed by atoms with E-state index < -0.39 is 0 Å². The third-order valence-corrected chi connectivity index (χ3v) is 9.83. The van der Waals surface area contributed by atoms with Crippen LogP contribution in [0.2, 0.25) is 0 Å². The molecule has 11 heteroatoms. The van der Waals surface area contributed by atoms with Gasteiger partial charge in [-0.15, -0.1) is 21.5 Å². The fraction of sp³-hybridized carbons (Fsp3) is 0.265. The molecule has 5 aromatic rings. The molecule has 1 fully saturated rings. The molecule has 1 N–H and O–H groups in total. The van der Waals surface area contributed by atoms with Crippen LogP contribution in [0.3, 0.4) is 0 Å². The number of aryl methyl sites for hydroxylation is 3. The van der Waals surface area contributed by atoms with Crippen LogP contribution in [0.4, 0.5) is 4.39 Å². The second-order valence-corrected chi connectivity index (χ2v) is 12.6. The Bertz CT molecular complexity index is 1970. The molecule has 0 radical (unpaired) electrons. The van der Waals surface area contributed by atoms with E-state index in [-0.39, 0.29) is 35.6 Å². The molecule has 2 amide bonds. The number of aromatic nitrogens is 3. The first-order valence-corrected chi connectivity index (χ1v) is 15.8. The van der Waals surface area contributed by atoms with Crippen molar-refractivity contribution in [2.75, 3.05) is 13.2 Å². The maximum absolute atomic E-state index is 14.0. The number of nitrogens with one attached hydrogen (secondary N) is 1. The largest absolute Gasteiger partial charge is 0.491 e. The van der Waals surface area contributed by atoms with Crippen molar-refractivity contribution in [2.24, 2.45) is 0 Å². The number of amides is 2. The Morgan fingerprint density at radius 2 is 1.89 bits per heavy atom. The van der Waals surface area contributed by atoms with Crippen LogP contribution in [-0.2, 0) is 12.8 Å². The lowest BCUT2D eigenvalue weighted by Crippen LogP contribution is -2.28. The quantitative estimate of drug-likeness (QED) is 0.229. The minimum atomic E-state index is -0.291. The number of halogens is 1. The summed E-state index contributed by atoms with van der Waals surface area (Å²) in [6.07, 6.45) is 2.85. The molecule has 0 aliphatic carbocycles. The van der Waals surface area contributed by atoms with E-state index in [1.165, 1.54) is 23.5 Å². The van der Waals surface area contributed by atoms with Gasteiger partial charge in [0.1, 0.15) is 18.2 Å². The minimum absolute atomic E-state index is 0.0725. The number of para-hydroxylation sites is 1. The Hall–Kier alpha value is -4.90. The number of rotatable bonds is 7. The van der Waals surface area contributed by atoms with Crippen molar-refractivity contribution < 1.29 is 23.1 Å². The molecule has 3 aliphatic rings. The Balaban J connectivity index is 1.23. The number of hydrogen-bond acceptors (Lipinski definition) is 8. The molecule has 0 spiro atoms. The molecular formula is C34H28FN5O4S. The summed E-state index contributed by atoms with van der Waals surface area (Å²) in [6.45, 7) is 2.75. The van der Waals surface area contributed by atoms with Crippen LogP contribution in [0.15, 0.2) is 65.1 Å². The SMILES string of the molecule is Cc1nnc(-c2c(CCc3ccc(F)cc3)nc3c(c2-c2ccc(C(=O)NC4COc5ccccc54)s2)C(=O)N2CCCC32)o1. The van der Waals surface area contributed by atoms with Crippen molar-refractivity contribution in [1.29, 1.82) is 0 Å². The van der Waals surface area contributed by atoms with E-state index in [1.54, 1.807) is 25.1 Å². The minimum Gasteiger partial charge on any atom is -0.491 e. The zero-order valence-corrected chi connectivity index (χ0v) is 25.2. The van der Waals surface area contributed by atoms with Gasteiger partial charge in [-0.1, -0.05) is 30.3 Å². The summed E-state index contributed by atoms with van der Waals surface area (Å²) in [7, 11) is 0.